The molecule has 21 heavy (non-hydrogen) atoms. The van der Waals surface area contributed by atoms with Crippen molar-refractivity contribution >= 4 is 11.6 Å². The fraction of sp³-hybridized carbons (Fsp3) is 0.143. The number of hydrogen-bond donors (Lipinski definition) is 0. The third-order valence-corrected chi connectivity index (χ3v) is 2.87. The number of aromatic nitrogens is 1. The average molecular weight is 313 g/mol. The molecular weight excluding hydrogens is 305 g/mol. The number of rotatable bonds is 3. The smallest absolute Gasteiger partial charge is 0.406 e. The van der Waals surface area contributed by atoms with Crippen LogP contribution in [0.2, 0.25) is 5.02 Å². The van der Waals surface area contributed by atoms with Crippen LogP contribution >= 0.6 is 11.6 Å². The molecule has 1 aromatic carbocycles. The molecule has 2 aromatic rings. The zero-order valence-corrected chi connectivity index (χ0v) is 11.2. The number of nitriles is 1. The molecule has 0 spiro atoms. The number of benzene rings is 1. The van der Waals surface area contributed by atoms with E-state index in [1.807, 2.05) is 6.07 Å². The molecule has 0 saturated heterocycles. The quantitative estimate of drug-likeness (QED) is 0.845. The molecule has 0 aliphatic carbocycles. The van der Waals surface area contributed by atoms with Gasteiger partial charge in [0.05, 0.1) is 28.9 Å². The van der Waals surface area contributed by atoms with Crippen LogP contribution < -0.4 is 4.74 Å². The Balaban J connectivity index is 2.36. The fourth-order valence-electron chi connectivity index (χ4n) is 1.70. The van der Waals surface area contributed by atoms with Crippen molar-refractivity contribution in [3.63, 3.8) is 0 Å². The molecule has 2 rings (SSSR count). The van der Waals surface area contributed by atoms with Crippen molar-refractivity contribution in [3.8, 4) is 23.1 Å². The lowest BCUT2D eigenvalue weighted by atomic mass is 10.1. The van der Waals surface area contributed by atoms with Gasteiger partial charge in [-0.3, -0.25) is 4.98 Å². The lowest BCUT2D eigenvalue weighted by Gasteiger charge is -2.10. The largest absolute Gasteiger partial charge is 0.573 e. The molecule has 0 aliphatic heterocycles. The third-order valence-electron chi connectivity index (χ3n) is 2.53. The van der Waals surface area contributed by atoms with E-state index in [1.165, 1.54) is 18.2 Å². The van der Waals surface area contributed by atoms with Gasteiger partial charge < -0.3 is 4.74 Å². The Morgan fingerprint density at radius 1 is 1.24 bits per heavy atom. The third kappa shape index (κ3) is 4.10. The van der Waals surface area contributed by atoms with Crippen LogP contribution in [0.4, 0.5) is 13.2 Å². The van der Waals surface area contributed by atoms with Gasteiger partial charge in [0.2, 0.25) is 0 Å². The zero-order chi connectivity index (χ0) is 15.5. The van der Waals surface area contributed by atoms with E-state index in [4.69, 9.17) is 16.9 Å². The number of alkyl halides is 3. The first-order chi connectivity index (χ1) is 9.89. The van der Waals surface area contributed by atoms with E-state index in [9.17, 15) is 13.2 Å². The van der Waals surface area contributed by atoms with Crippen LogP contribution in [0.5, 0.6) is 5.75 Å². The number of pyridine rings is 1. The van der Waals surface area contributed by atoms with E-state index < -0.39 is 6.36 Å². The summed E-state index contributed by atoms with van der Waals surface area (Å²) < 4.78 is 40.5. The highest BCUT2D eigenvalue weighted by Gasteiger charge is 2.31. The minimum Gasteiger partial charge on any atom is -0.406 e. The van der Waals surface area contributed by atoms with E-state index in [-0.39, 0.29) is 12.2 Å². The topological polar surface area (TPSA) is 45.9 Å². The van der Waals surface area contributed by atoms with Gasteiger partial charge in [-0.1, -0.05) is 23.7 Å². The van der Waals surface area contributed by atoms with Crippen molar-refractivity contribution in [3.05, 3.63) is 47.1 Å². The molecule has 3 nitrogen and oxygen atoms in total. The van der Waals surface area contributed by atoms with Gasteiger partial charge in [-0.2, -0.15) is 5.26 Å². The van der Waals surface area contributed by atoms with Gasteiger partial charge in [0, 0.05) is 5.56 Å². The molecule has 108 valence electrons. The van der Waals surface area contributed by atoms with Crippen LogP contribution in [0.25, 0.3) is 11.3 Å². The maximum absolute atomic E-state index is 12.2. The maximum atomic E-state index is 12.2. The highest BCUT2D eigenvalue weighted by Crippen LogP contribution is 2.28. The lowest BCUT2D eigenvalue weighted by Crippen LogP contribution is -2.17. The van der Waals surface area contributed by atoms with Gasteiger partial charge in [-0.25, -0.2) is 0 Å². The molecule has 0 unspecified atom stereocenters. The Kier molecular flexibility index (Phi) is 4.34. The summed E-state index contributed by atoms with van der Waals surface area (Å²) in [5.41, 5.74) is 1.23. The van der Waals surface area contributed by atoms with Crippen molar-refractivity contribution in [1.82, 2.24) is 4.98 Å². The van der Waals surface area contributed by atoms with Gasteiger partial charge in [0.1, 0.15) is 5.75 Å². The molecule has 0 amide bonds. The first-order valence-electron chi connectivity index (χ1n) is 5.77. The molecule has 0 aliphatic rings. The van der Waals surface area contributed by atoms with E-state index in [0.717, 1.165) is 0 Å². The average Bonchev–Trinajstić information content (AvgIpc) is 2.40. The standard InChI is InChI=1S/C14H8ClF3N2O/c15-11-4-5-12(20-13(11)6-7-19)9-2-1-3-10(8-9)21-14(16,17)18/h1-5,8H,6H2. The highest BCUT2D eigenvalue weighted by atomic mass is 35.5. The number of halogens is 4. The molecule has 1 heterocycles. The summed E-state index contributed by atoms with van der Waals surface area (Å²) in [6, 6.07) is 10.5. The second-order valence-corrected chi connectivity index (χ2v) is 4.44. The molecular formula is C14H8ClF3N2O. The van der Waals surface area contributed by atoms with Crippen LogP contribution in [0.15, 0.2) is 36.4 Å². The molecule has 0 saturated carbocycles. The first kappa shape index (κ1) is 15.1. The van der Waals surface area contributed by atoms with E-state index in [2.05, 4.69) is 9.72 Å². The Morgan fingerprint density at radius 3 is 2.67 bits per heavy atom. The van der Waals surface area contributed by atoms with Crippen LogP contribution in [-0.4, -0.2) is 11.3 Å². The Labute approximate surface area is 123 Å². The lowest BCUT2D eigenvalue weighted by molar-refractivity contribution is -0.274. The SMILES string of the molecule is N#CCc1nc(-c2cccc(OC(F)(F)F)c2)ccc1Cl. The summed E-state index contributed by atoms with van der Waals surface area (Å²) in [5, 5.41) is 9.02. The first-order valence-corrected chi connectivity index (χ1v) is 6.15. The zero-order valence-electron chi connectivity index (χ0n) is 10.5. The number of ether oxygens (including phenoxy) is 1. The molecule has 0 bridgehead atoms. The fourth-order valence-corrected chi connectivity index (χ4v) is 1.87. The van der Waals surface area contributed by atoms with Crippen molar-refractivity contribution in [2.45, 2.75) is 12.8 Å². The Morgan fingerprint density at radius 2 is 2.00 bits per heavy atom. The van der Waals surface area contributed by atoms with Crippen molar-refractivity contribution in [2.75, 3.05) is 0 Å². The van der Waals surface area contributed by atoms with Crippen molar-refractivity contribution in [1.29, 1.82) is 5.26 Å². The van der Waals surface area contributed by atoms with Crippen LogP contribution in [0.3, 0.4) is 0 Å². The molecule has 0 radical (unpaired) electrons. The van der Waals surface area contributed by atoms with Crippen LogP contribution in [0, 0.1) is 11.3 Å². The summed E-state index contributed by atoms with van der Waals surface area (Å²) >= 11 is 5.89. The number of hydrogen-bond acceptors (Lipinski definition) is 3. The summed E-state index contributed by atoms with van der Waals surface area (Å²) in [6.45, 7) is 0. The van der Waals surface area contributed by atoms with E-state index >= 15 is 0 Å². The summed E-state index contributed by atoms with van der Waals surface area (Å²) in [4.78, 5) is 4.18. The van der Waals surface area contributed by atoms with Gasteiger partial charge in [-0.15, -0.1) is 13.2 Å². The number of nitrogens with zero attached hydrogens (tertiary/aromatic N) is 2. The Bertz CT molecular complexity index is 695. The molecule has 1 aromatic heterocycles. The second kappa shape index (κ2) is 6.02. The highest BCUT2D eigenvalue weighted by molar-refractivity contribution is 6.31. The predicted molar refractivity (Wildman–Crippen MR) is 70.7 cm³/mol. The monoisotopic (exact) mass is 312 g/mol. The van der Waals surface area contributed by atoms with Gasteiger partial charge >= 0.3 is 6.36 Å². The predicted octanol–water partition coefficient (Wildman–Crippen LogP) is 4.37. The second-order valence-electron chi connectivity index (χ2n) is 4.04. The molecule has 0 N–H and O–H groups in total. The molecule has 7 heteroatoms. The van der Waals surface area contributed by atoms with Crippen molar-refractivity contribution < 1.29 is 17.9 Å². The van der Waals surface area contributed by atoms with E-state index in [0.29, 0.717) is 22.0 Å². The van der Waals surface area contributed by atoms with Crippen LogP contribution in [0.1, 0.15) is 5.69 Å². The minimum atomic E-state index is -4.75. The summed E-state index contributed by atoms with van der Waals surface area (Å²) in [5.74, 6) is -0.335. The van der Waals surface area contributed by atoms with E-state index in [1.54, 1.807) is 18.2 Å². The molecule has 0 fully saturated rings. The Hall–Kier alpha value is -2.26. The van der Waals surface area contributed by atoms with Crippen molar-refractivity contribution in [2.24, 2.45) is 0 Å². The summed E-state index contributed by atoms with van der Waals surface area (Å²) in [6.07, 6.45) is -4.73. The van der Waals surface area contributed by atoms with Gasteiger partial charge in [0.25, 0.3) is 0 Å². The summed E-state index contributed by atoms with van der Waals surface area (Å²) in [7, 11) is 0. The molecule has 0 atom stereocenters. The van der Waals surface area contributed by atoms with Gasteiger partial charge in [-0.05, 0) is 24.3 Å². The van der Waals surface area contributed by atoms with Gasteiger partial charge in [0.15, 0.2) is 0 Å². The van der Waals surface area contributed by atoms with Crippen LogP contribution in [-0.2, 0) is 6.42 Å². The normalized spacial score (nSPS) is 11.0. The maximum Gasteiger partial charge on any atom is 0.573 e. The minimum absolute atomic E-state index is 0.0193.